The fraction of sp³-hybridized carbons (Fsp3) is 0.900. The second-order valence-corrected chi connectivity index (χ2v) is 3.81. The monoisotopic (exact) mass is 200 g/mol. The molecule has 0 aromatic heterocycles. The molecule has 1 aliphatic rings. The van der Waals surface area contributed by atoms with E-state index in [0.717, 1.165) is 26.0 Å². The van der Waals surface area contributed by atoms with E-state index in [-0.39, 0.29) is 6.03 Å². The summed E-state index contributed by atoms with van der Waals surface area (Å²) in [6.07, 6.45) is 2.44. The van der Waals surface area contributed by atoms with Gasteiger partial charge >= 0.3 is 6.03 Å². The molecule has 1 heterocycles. The summed E-state index contributed by atoms with van der Waals surface area (Å²) in [6.45, 7) is 6.26. The molecule has 1 rings (SSSR count). The average Bonchev–Trinajstić information content (AvgIpc) is 2.15. The van der Waals surface area contributed by atoms with Gasteiger partial charge in [0.05, 0.1) is 6.10 Å². The molecule has 1 saturated heterocycles. The van der Waals surface area contributed by atoms with Gasteiger partial charge < -0.3 is 15.4 Å². The van der Waals surface area contributed by atoms with Gasteiger partial charge in [-0.2, -0.15) is 0 Å². The third kappa shape index (κ3) is 3.96. The lowest BCUT2D eigenvalue weighted by Gasteiger charge is -2.27. The number of hydrogen-bond donors (Lipinski definition) is 2. The Hall–Kier alpha value is -0.770. The summed E-state index contributed by atoms with van der Waals surface area (Å²) in [5.41, 5.74) is 0. The molecule has 4 nitrogen and oxygen atoms in total. The van der Waals surface area contributed by atoms with Gasteiger partial charge in [-0.05, 0) is 32.6 Å². The van der Waals surface area contributed by atoms with Crippen molar-refractivity contribution in [3.63, 3.8) is 0 Å². The van der Waals surface area contributed by atoms with Crippen LogP contribution in [0, 0.1) is 5.92 Å². The van der Waals surface area contributed by atoms with Gasteiger partial charge in [0.25, 0.3) is 0 Å². The van der Waals surface area contributed by atoms with Gasteiger partial charge in [0, 0.05) is 19.7 Å². The summed E-state index contributed by atoms with van der Waals surface area (Å²) in [5, 5.41) is 5.58. The molecule has 0 aromatic rings. The van der Waals surface area contributed by atoms with Crippen molar-refractivity contribution in [1.82, 2.24) is 10.6 Å². The quantitative estimate of drug-likeness (QED) is 0.717. The van der Waals surface area contributed by atoms with E-state index < -0.39 is 0 Å². The summed E-state index contributed by atoms with van der Waals surface area (Å²) in [4.78, 5) is 11.1. The molecule has 0 radical (unpaired) electrons. The van der Waals surface area contributed by atoms with Gasteiger partial charge in [0.1, 0.15) is 0 Å². The lowest BCUT2D eigenvalue weighted by molar-refractivity contribution is 0.00347. The van der Waals surface area contributed by atoms with Gasteiger partial charge in [-0.25, -0.2) is 4.79 Å². The van der Waals surface area contributed by atoms with E-state index in [1.807, 2.05) is 6.92 Å². The number of amides is 2. The minimum Gasteiger partial charge on any atom is -0.378 e. The largest absolute Gasteiger partial charge is 0.378 e. The molecule has 0 aliphatic carbocycles. The zero-order chi connectivity index (χ0) is 10.4. The van der Waals surface area contributed by atoms with Crippen LogP contribution in [0.4, 0.5) is 4.79 Å². The maximum absolute atomic E-state index is 11.1. The SMILES string of the molecule is CCNC(=O)NCC1CCOC(C)C1. The number of urea groups is 1. The molecule has 2 unspecified atom stereocenters. The first-order chi connectivity index (χ1) is 6.72. The Bertz CT molecular complexity index is 185. The van der Waals surface area contributed by atoms with Crippen LogP contribution < -0.4 is 10.6 Å². The van der Waals surface area contributed by atoms with Crippen LogP contribution in [-0.2, 0) is 4.74 Å². The number of ether oxygens (including phenoxy) is 1. The minimum absolute atomic E-state index is 0.0633. The van der Waals surface area contributed by atoms with Crippen molar-refractivity contribution in [2.24, 2.45) is 5.92 Å². The summed E-state index contributed by atoms with van der Waals surface area (Å²) >= 11 is 0. The van der Waals surface area contributed by atoms with Crippen LogP contribution >= 0.6 is 0 Å². The zero-order valence-corrected chi connectivity index (χ0v) is 9.01. The highest BCUT2D eigenvalue weighted by Gasteiger charge is 2.19. The van der Waals surface area contributed by atoms with Gasteiger partial charge in [-0.15, -0.1) is 0 Å². The predicted molar refractivity (Wildman–Crippen MR) is 55.2 cm³/mol. The molecule has 14 heavy (non-hydrogen) atoms. The Morgan fingerprint density at radius 2 is 2.29 bits per heavy atom. The molecule has 4 heteroatoms. The molecule has 82 valence electrons. The summed E-state index contributed by atoms with van der Waals surface area (Å²) < 4.78 is 5.43. The van der Waals surface area contributed by atoms with Gasteiger partial charge in [0.15, 0.2) is 0 Å². The van der Waals surface area contributed by atoms with Gasteiger partial charge in [-0.1, -0.05) is 0 Å². The Morgan fingerprint density at radius 1 is 1.50 bits per heavy atom. The highest BCUT2D eigenvalue weighted by atomic mass is 16.5. The predicted octanol–water partition coefficient (Wildman–Crippen LogP) is 1.12. The van der Waals surface area contributed by atoms with E-state index in [4.69, 9.17) is 4.74 Å². The summed E-state index contributed by atoms with van der Waals surface area (Å²) in [5.74, 6) is 0.571. The summed E-state index contributed by atoms with van der Waals surface area (Å²) in [7, 11) is 0. The Balaban J connectivity index is 2.14. The minimum atomic E-state index is -0.0633. The number of nitrogens with one attached hydrogen (secondary N) is 2. The fourth-order valence-electron chi connectivity index (χ4n) is 1.74. The Morgan fingerprint density at radius 3 is 2.93 bits per heavy atom. The van der Waals surface area contributed by atoms with Crippen LogP contribution in [0.25, 0.3) is 0 Å². The summed E-state index contributed by atoms with van der Waals surface area (Å²) in [6, 6.07) is -0.0633. The molecule has 0 bridgehead atoms. The van der Waals surface area contributed by atoms with E-state index in [0.29, 0.717) is 18.6 Å². The molecule has 1 aliphatic heterocycles. The van der Waals surface area contributed by atoms with E-state index in [1.54, 1.807) is 0 Å². The third-order valence-corrected chi connectivity index (χ3v) is 2.48. The first kappa shape index (κ1) is 11.3. The van der Waals surface area contributed by atoms with E-state index in [1.165, 1.54) is 0 Å². The first-order valence-corrected chi connectivity index (χ1v) is 5.35. The van der Waals surface area contributed by atoms with Crippen LogP contribution in [0.15, 0.2) is 0 Å². The third-order valence-electron chi connectivity index (χ3n) is 2.48. The number of hydrogen-bond acceptors (Lipinski definition) is 2. The van der Waals surface area contributed by atoms with Gasteiger partial charge in [-0.3, -0.25) is 0 Å². The van der Waals surface area contributed by atoms with Crippen molar-refractivity contribution >= 4 is 6.03 Å². The van der Waals surface area contributed by atoms with Crippen LogP contribution in [-0.4, -0.2) is 31.8 Å². The standard InChI is InChI=1S/C10H20N2O2/c1-3-11-10(13)12-7-9-4-5-14-8(2)6-9/h8-9H,3-7H2,1-2H3,(H2,11,12,13). The molecule has 1 fully saturated rings. The lowest BCUT2D eigenvalue weighted by atomic mass is 9.96. The zero-order valence-electron chi connectivity index (χ0n) is 9.01. The molecule has 2 atom stereocenters. The second-order valence-electron chi connectivity index (χ2n) is 3.81. The molecular formula is C10H20N2O2. The second kappa shape index (κ2) is 5.86. The average molecular weight is 200 g/mol. The lowest BCUT2D eigenvalue weighted by Crippen LogP contribution is -2.40. The van der Waals surface area contributed by atoms with E-state index in [9.17, 15) is 4.79 Å². The topological polar surface area (TPSA) is 50.4 Å². The first-order valence-electron chi connectivity index (χ1n) is 5.35. The smallest absolute Gasteiger partial charge is 0.314 e. The Kier molecular flexibility index (Phi) is 4.73. The van der Waals surface area contributed by atoms with Crippen LogP contribution in [0.1, 0.15) is 26.7 Å². The van der Waals surface area contributed by atoms with Crippen LogP contribution in [0.3, 0.4) is 0 Å². The molecule has 0 spiro atoms. The molecule has 0 saturated carbocycles. The normalized spacial score (nSPS) is 27.0. The van der Waals surface area contributed by atoms with Crippen molar-refractivity contribution in [3.05, 3.63) is 0 Å². The maximum atomic E-state index is 11.1. The highest BCUT2D eigenvalue weighted by Crippen LogP contribution is 2.18. The van der Waals surface area contributed by atoms with Gasteiger partial charge in [0.2, 0.25) is 0 Å². The van der Waals surface area contributed by atoms with Crippen molar-refractivity contribution in [1.29, 1.82) is 0 Å². The van der Waals surface area contributed by atoms with Crippen molar-refractivity contribution in [2.75, 3.05) is 19.7 Å². The maximum Gasteiger partial charge on any atom is 0.314 e. The fourth-order valence-corrected chi connectivity index (χ4v) is 1.74. The van der Waals surface area contributed by atoms with Crippen molar-refractivity contribution in [2.45, 2.75) is 32.8 Å². The number of carbonyl (C=O) groups excluding carboxylic acids is 1. The molecule has 2 N–H and O–H groups in total. The Labute approximate surface area is 85.4 Å². The van der Waals surface area contributed by atoms with E-state index in [2.05, 4.69) is 17.6 Å². The van der Waals surface area contributed by atoms with Crippen LogP contribution in [0.2, 0.25) is 0 Å². The van der Waals surface area contributed by atoms with E-state index >= 15 is 0 Å². The number of rotatable bonds is 3. The van der Waals surface area contributed by atoms with Crippen molar-refractivity contribution < 1.29 is 9.53 Å². The molecular weight excluding hydrogens is 180 g/mol. The molecule has 0 aromatic carbocycles. The van der Waals surface area contributed by atoms with Crippen LogP contribution in [0.5, 0.6) is 0 Å². The molecule has 2 amide bonds. The highest BCUT2D eigenvalue weighted by molar-refractivity contribution is 5.73. The van der Waals surface area contributed by atoms with Crippen molar-refractivity contribution in [3.8, 4) is 0 Å². The number of carbonyl (C=O) groups is 1.